The van der Waals surface area contributed by atoms with Crippen LogP contribution in [0.1, 0.15) is 104 Å². The molecule has 3 aliphatic carbocycles. The average Bonchev–Trinajstić information content (AvgIpc) is 2.78. The van der Waals surface area contributed by atoms with Gasteiger partial charge in [-0.15, -0.1) is 0 Å². The van der Waals surface area contributed by atoms with Gasteiger partial charge < -0.3 is 15.3 Å². The van der Waals surface area contributed by atoms with E-state index in [0.29, 0.717) is 24.2 Å². The van der Waals surface area contributed by atoms with Crippen LogP contribution in [0.3, 0.4) is 0 Å². The molecule has 32 heavy (non-hydrogen) atoms. The first-order valence-corrected chi connectivity index (χ1v) is 13.3. The molecule has 182 valence electrons. The highest BCUT2D eigenvalue weighted by molar-refractivity contribution is 5.66. The van der Waals surface area contributed by atoms with Crippen molar-refractivity contribution in [2.75, 3.05) is 0 Å². The van der Waals surface area contributed by atoms with Crippen LogP contribution in [0.2, 0.25) is 0 Å². The second-order valence-electron chi connectivity index (χ2n) is 10.9. The fourth-order valence-electron chi connectivity index (χ4n) is 7.03. The second kappa shape index (κ2) is 11.8. The van der Waals surface area contributed by atoms with Crippen LogP contribution in [-0.4, -0.2) is 33.5 Å². The monoisotopic (exact) mass is 446 g/mol. The molecule has 0 bridgehead atoms. The van der Waals surface area contributed by atoms with E-state index in [0.717, 1.165) is 32.1 Å². The highest BCUT2D eigenvalue weighted by atomic mass is 16.4. The summed E-state index contributed by atoms with van der Waals surface area (Å²) in [4.78, 5) is 11.1. The number of fused-ring (bicyclic) bond motifs is 1. The lowest BCUT2D eigenvalue weighted by Crippen LogP contribution is -2.57. The zero-order chi connectivity index (χ0) is 23.1. The van der Waals surface area contributed by atoms with Crippen LogP contribution < -0.4 is 0 Å². The molecule has 0 heterocycles. The van der Waals surface area contributed by atoms with E-state index in [1.54, 1.807) is 0 Å². The molecule has 0 saturated heterocycles. The van der Waals surface area contributed by atoms with Crippen LogP contribution in [0.15, 0.2) is 23.8 Å². The Bertz CT molecular complexity index is 662. The van der Waals surface area contributed by atoms with Gasteiger partial charge in [0.25, 0.3) is 0 Å². The Hall–Kier alpha value is -1.13. The number of aliphatic carboxylic acids is 1. The van der Waals surface area contributed by atoms with Crippen molar-refractivity contribution in [2.45, 2.75) is 116 Å². The lowest BCUT2D eigenvalue weighted by molar-refractivity contribution is -0.136. The number of aliphatic hydroxyl groups is 2. The maximum Gasteiger partial charge on any atom is 0.303 e. The molecule has 0 aromatic heterocycles. The molecular weight excluding hydrogens is 400 g/mol. The average molecular weight is 447 g/mol. The van der Waals surface area contributed by atoms with Crippen molar-refractivity contribution in [3.63, 3.8) is 0 Å². The molecule has 3 aliphatic rings. The lowest BCUT2D eigenvalue weighted by atomic mass is 9.42. The number of allylic oxidation sites excluding steroid dienone is 2. The Labute approximate surface area is 195 Å². The largest absolute Gasteiger partial charge is 0.481 e. The van der Waals surface area contributed by atoms with Gasteiger partial charge in [-0.1, -0.05) is 82.6 Å². The smallest absolute Gasteiger partial charge is 0.303 e. The van der Waals surface area contributed by atoms with Crippen molar-refractivity contribution in [1.29, 1.82) is 0 Å². The first-order chi connectivity index (χ1) is 15.4. The molecule has 0 aliphatic heterocycles. The maximum atomic E-state index is 11.1. The van der Waals surface area contributed by atoms with Gasteiger partial charge in [0, 0.05) is 12.3 Å². The molecule has 3 N–H and O–H groups in total. The molecule has 2 unspecified atom stereocenters. The Balaban J connectivity index is 1.75. The molecule has 4 nitrogen and oxygen atoms in total. The number of unbranched alkanes of at least 4 members (excludes halogenated alkanes) is 3. The predicted molar refractivity (Wildman–Crippen MR) is 129 cm³/mol. The van der Waals surface area contributed by atoms with E-state index >= 15 is 0 Å². The van der Waals surface area contributed by atoms with Crippen LogP contribution in [0, 0.1) is 29.1 Å². The molecule has 3 rings (SSSR count). The summed E-state index contributed by atoms with van der Waals surface area (Å²) in [5, 5.41) is 30.8. The minimum Gasteiger partial charge on any atom is -0.481 e. The van der Waals surface area contributed by atoms with E-state index in [1.807, 2.05) is 6.08 Å². The quantitative estimate of drug-likeness (QED) is 0.258. The Morgan fingerprint density at radius 3 is 2.59 bits per heavy atom. The number of carbonyl (C=O) groups is 1. The fraction of sp³-hybridized carbons (Fsp3) is 0.821. The van der Waals surface area contributed by atoms with E-state index in [1.165, 1.54) is 50.5 Å². The number of rotatable bonds is 11. The van der Waals surface area contributed by atoms with Crippen molar-refractivity contribution in [3.8, 4) is 0 Å². The zero-order valence-electron chi connectivity index (χ0n) is 20.3. The van der Waals surface area contributed by atoms with Crippen LogP contribution in [0.4, 0.5) is 0 Å². The first kappa shape index (κ1) is 25.5. The van der Waals surface area contributed by atoms with Gasteiger partial charge in [-0.3, -0.25) is 4.79 Å². The standard InChI is InChI=1S/C28H46O4/c1-3-4-5-9-13-21-23(14-10-15-26(31)32)28(2)19-18-25(30)22(27(21)28)16-17-24(29)20-11-7-6-8-12-20/h14,16-17,20-22,24-25,27,29-30H,3-13,15,18-19H2,1-2H3,(H,31,32)/b17-16+,23-14?/t21?,22-,24?,25+,27+,28+/m1/s1. The molecule has 0 aromatic carbocycles. The minimum atomic E-state index is -0.737. The number of hydrogen-bond acceptors (Lipinski definition) is 3. The van der Waals surface area contributed by atoms with Gasteiger partial charge in [0.15, 0.2) is 0 Å². The Morgan fingerprint density at radius 1 is 1.16 bits per heavy atom. The normalized spacial score (nSPS) is 35.6. The molecule has 6 atom stereocenters. The Kier molecular flexibility index (Phi) is 9.43. The summed E-state index contributed by atoms with van der Waals surface area (Å²) in [6, 6.07) is 0. The van der Waals surface area contributed by atoms with Crippen molar-refractivity contribution < 1.29 is 20.1 Å². The van der Waals surface area contributed by atoms with Gasteiger partial charge in [0.05, 0.1) is 12.2 Å². The van der Waals surface area contributed by atoms with Crippen LogP contribution >= 0.6 is 0 Å². The molecule has 3 saturated carbocycles. The van der Waals surface area contributed by atoms with Crippen molar-refractivity contribution in [2.24, 2.45) is 29.1 Å². The maximum absolute atomic E-state index is 11.1. The van der Waals surface area contributed by atoms with Gasteiger partial charge in [0.1, 0.15) is 0 Å². The minimum absolute atomic E-state index is 0.0535. The van der Waals surface area contributed by atoms with E-state index in [-0.39, 0.29) is 23.9 Å². The molecule has 0 spiro atoms. The zero-order valence-corrected chi connectivity index (χ0v) is 20.3. The van der Waals surface area contributed by atoms with E-state index < -0.39 is 12.1 Å². The van der Waals surface area contributed by atoms with Gasteiger partial charge in [0.2, 0.25) is 0 Å². The highest BCUT2D eigenvalue weighted by Crippen LogP contribution is 2.65. The Morgan fingerprint density at radius 2 is 1.91 bits per heavy atom. The number of aliphatic hydroxyl groups excluding tert-OH is 2. The third-order valence-corrected chi connectivity index (χ3v) is 8.80. The van der Waals surface area contributed by atoms with Crippen LogP contribution in [-0.2, 0) is 4.79 Å². The summed E-state index contributed by atoms with van der Waals surface area (Å²) in [6.07, 6.45) is 20.1. The van der Waals surface area contributed by atoms with E-state index in [2.05, 4.69) is 26.0 Å². The lowest BCUT2D eigenvalue weighted by Gasteiger charge is -2.63. The van der Waals surface area contributed by atoms with E-state index in [9.17, 15) is 15.0 Å². The second-order valence-corrected chi connectivity index (χ2v) is 10.9. The van der Waals surface area contributed by atoms with Gasteiger partial charge >= 0.3 is 5.97 Å². The summed E-state index contributed by atoms with van der Waals surface area (Å²) in [5.41, 5.74) is 1.50. The molecule has 0 radical (unpaired) electrons. The van der Waals surface area contributed by atoms with Crippen molar-refractivity contribution in [1.82, 2.24) is 0 Å². The fourth-order valence-corrected chi connectivity index (χ4v) is 7.03. The SMILES string of the molecule is CCCCCCC1C(=CCCC(=O)O)[C@]2(C)CC[C@H](O)[C@@H](/C=C/C(O)C3CCCCC3)[C@H]12. The summed E-state index contributed by atoms with van der Waals surface area (Å²) in [5.74, 6) is 0.532. The van der Waals surface area contributed by atoms with Crippen molar-refractivity contribution >= 4 is 5.97 Å². The van der Waals surface area contributed by atoms with Gasteiger partial charge in [-0.05, 0) is 61.7 Å². The summed E-state index contributed by atoms with van der Waals surface area (Å²) < 4.78 is 0. The van der Waals surface area contributed by atoms with Crippen LogP contribution in [0.5, 0.6) is 0 Å². The van der Waals surface area contributed by atoms with Gasteiger partial charge in [-0.2, -0.15) is 0 Å². The number of carboxylic acid groups (broad SMARTS) is 1. The molecule has 3 fully saturated rings. The topological polar surface area (TPSA) is 77.8 Å². The third kappa shape index (κ3) is 5.86. The van der Waals surface area contributed by atoms with Crippen LogP contribution in [0.25, 0.3) is 0 Å². The summed E-state index contributed by atoms with van der Waals surface area (Å²) in [6.45, 7) is 4.56. The van der Waals surface area contributed by atoms with E-state index in [4.69, 9.17) is 5.11 Å². The number of hydrogen-bond donors (Lipinski definition) is 3. The molecule has 4 heteroatoms. The first-order valence-electron chi connectivity index (χ1n) is 13.3. The third-order valence-electron chi connectivity index (χ3n) is 8.80. The molecule has 0 aromatic rings. The summed E-state index contributed by atoms with van der Waals surface area (Å²) >= 11 is 0. The van der Waals surface area contributed by atoms with Gasteiger partial charge in [-0.25, -0.2) is 0 Å². The highest BCUT2D eigenvalue weighted by Gasteiger charge is 2.59. The number of carboxylic acids is 1. The molecule has 0 amide bonds. The van der Waals surface area contributed by atoms with Crippen molar-refractivity contribution in [3.05, 3.63) is 23.8 Å². The predicted octanol–water partition coefficient (Wildman–Crippen LogP) is 6.27. The molecular formula is C28H46O4. The summed E-state index contributed by atoms with van der Waals surface area (Å²) in [7, 11) is 0.